The van der Waals surface area contributed by atoms with Crippen LogP contribution in [0.1, 0.15) is 31.9 Å². The molecule has 1 aliphatic rings. The van der Waals surface area contributed by atoms with Crippen LogP contribution in [0.3, 0.4) is 0 Å². The van der Waals surface area contributed by atoms with Crippen molar-refractivity contribution in [2.75, 3.05) is 47.5 Å². The van der Waals surface area contributed by atoms with Crippen LogP contribution < -0.4 is 14.2 Å². The molecule has 2 unspecified atom stereocenters. The third-order valence-corrected chi connectivity index (χ3v) is 4.99. The SMILES string of the molecule is CCC1CN(CC)CCN1C(C#N)c1cc(OC)c(OC)c(OC)c1. The highest BCUT2D eigenvalue weighted by atomic mass is 16.5. The van der Waals surface area contributed by atoms with Gasteiger partial charge in [0, 0.05) is 25.7 Å². The Morgan fingerprint density at radius 2 is 1.76 bits per heavy atom. The fourth-order valence-corrected chi connectivity index (χ4v) is 3.52. The predicted molar refractivity (Wildman–Crippen MR) is 97.4 cm³/mol. The molecule has 25 heavy (non-hydrogen) atoms. The van der Waals surface area contributed by atoms with Gasteiger partial charge >= 0.3 is 0 Å². The van der Waals surface area contributed by atoms with Gasteiger partial charge in [-0.25, -0.2) is 0 Å². The van der Waals surface area contributed by atoms with Crippen LogP contribution in [0, 0.1) is 11.3 Å². The average Bonchev–Trinajstić information content (AvgIpc) is 2.67. The minimum Gasteiger partial charge on any atom is -0.493 e. The van der Waals surface area contributed by atoms with E-state index in [0.29, 0.717) is 23.3 Å². The van der Waals surface area contributed by atoms with Gasteiger partial charge in [0.25, 0.3) is 0 Å². The fourth-order valence-electron chi connectivity index (χ4n) is 3.52. The zero-order chi connectivity index (χ0) is 18.4. The Morgan fingerprint density at radius 1 is 1.12 bits per heavy atom. The number of nitriles is 1. The van der Waals surface area contributed by atoms with Crippen molar-refractivity contribution in [1.29, 1.82) is 5.26 Å². The van der Waals surface area contributed by atoms with Crippen LogP contribution in [-0.4, -0.2) is 63.4 Å². The van der Waals surface area contributed by atoms with E-state index in [-0.39, 0.29) is 6.04 Å². The van der Waals surface area contributed by atoms with Crippen molar-refractivity contribution in [2.45, 2.75) is 32.4 Å². The lowest BCUT2D eigenvalue weighted by Gasteiger charge is -2.43. The van der Waals surface area contributed by atoms with Gasteiger partial charge in [0.15, 0.2) is 11.5 Å². The van der Waals surface area contributed by atoms with E-state index in [1.54, 1.807) is 21.3 Å². The quantitative estimate of drug-likeness (QED) is 0.756. The first-order valence-electron chi connectivity index (χ1n) is 8.80. The lowest BCUT2D eigenvalue weighted by molar-refractivity contribution is 0.0568. The minimum absolute atomic E-state index is 0.335. The molecule has 0 aromatic heterocycles. The van der Waals surface area contributed by atoms with Crippen molar-refractivity contribution in [1.82, 2.24) is 9.80 Å². The highest BCUT2D eigenvalue weighted by molar-refractivity contribution is 5.55. The van der Waals surface area contributed by atoms with Crippen molar-refractivity contribution in [3.63, 3.8) is 0 Å². The number of benzene rings is 1. The summed E-state index contributed by atoms with van der Waals surface area (Å²) < 4.78 is 16.3. The second-order valence-electron chi connectivity index (χ2n) is 6.18. The summed E-state index contributed by atoms with van der Waals surface area (Å²) in [6.45, 7) is 8.27. The van der Waals surface area contributed by atoms with E-state index < -0.39 is 0 Å². The molecule has 0 radical (unpaired) electrons. The van der Waals surface area contributed by atoms with Crippen molar-refractivity contribution in [3.8, 4) is 23.3 Å². The van der Waals surface area contributed by atoms with Crippen LogP contribution >= 0.6 is 0 Å². The first kappa shape index (κ1) is 19.4. The van der Waals surface area contributed by atoms with Gasteiger partial charge in [-0.15, -0.1) is 0 Å². The van der Waals surface area contributed by atoms with E-state index in [1.807, 2.05) is 12.1 Å². The largest absolute Gasteiger partial charge is 0.493 e. The van der Waals surface area contributed by atoms with Crippen LogP contribution in [-0.2, 0) is 0 Å². The standard InChI is InChI=1S/C19H29N3O3/c1-6-15-13-21(7-2)8-9-22(15)16(12-20)14-10-17(23-3)19(25-5)18(11-14)24-4/h10-11,15-16H,6-9,13H2,1-5H3. The second kappa shape index (κ2) is 8.93. The zero-order valence-corrected chi connectivity index (χ0v) is 15.9. The Hall–Kier alpha value is -1.97. The van der Waals surface area contributed by atoms with Gasteiger partial charge in [0.05, 0.1) is 27.4 Å². The maximum absolute atomic E-state index is 9.90. The first-order chi connectivity index (χ1) is 12.1. The molecule has 0 amide bonds. The van der Waals surface area contributed by atoms with E-state index in [0.717, 1.165) is 38.2 Å². The molecule has 138 valence electrons. The molecule has 6 heteroatoms. The predicted octanol–water partition coefficient (Wildman–Crippen LogP) is 2.69. The van der Waals surface area contributed by atoms with E-state index >= 15 is 0 Å². The normalized spacial score (nSPS) is 19.9. The molecule has 0 spiro atoms. The maximum Gasteiger partial charge on any atom is 0.203 e. The molecule has 0 saturated carbocycles. The molecular weight excluding hydrogens is 318 g/mol. The molecule has 2 atom stereocenters. The highest BCUT2D eigenvalue weighted by Gasteiger charge is 2.32. The highest BCUT2D eigenvalue weighted by Crippen LogP contribution is 2.41. The lowest BCUT2D eigenvalue weighted by atomic mass is 10.00. The third-order valence-electron chi connectivity index (χ3n) is 4.99. The van der Waals surface area contributed by atoms with Crippen molar-refractivity contribution in [3.05, 3.63) is 17.7 Å². The van der Waals surface area contributed by atoms with Crippen LogP contribution in [0.2, 0.25) is 0 Å². The summed E-state index contributed by atoms with van der Waals surface area (Å²) >= 11 is 0. The number of nitrogens with zero attached hydrogens (tertiary/aromatic N) is 3. The third kappa shape index (κ3) is 4.00. The Labute approximate surface area is 150 Å². The van der Waals surface area contributed by atoms with Gasteiger partial charge in [-0.1, -0.05) is 13.8 Å². The van der Waals surface area contributed by atoms with Crippen molar-refractivity contribution >= 4 is 0 Å². The Bertz CT molecular complexity index is 589. The second-order valence-corrected chi connectivity index (χ2v) is 6.18. The number of rotatable bonds is 7. The molecule has 1 aliphatic heterocycles. The number of likely N-dealkylation sites (N-methyl/N-ethyl adjacent to an activating group) is 1. The molecule has 1 aromatic rings. The Kier molecular flexibility index (Phi) is 6.91. The van der Waals surface area contributed by atoms with Crippen LogP contribution in [0.5, 0.6) is 17.2 Å². The van der Waals surface area contributed by atoms with E-state index in [2.05, 4.69) is 29.7 Å². The summed E-state index contributed by atoms with van der Waals surface area (Å²) in [6, 6.07) is 6.27. The van der Waals surface area contributed by atoms with Crippen molar-refractivity contribution in [2.24, 2.45) is 0 Å². The molecule has 2 rings (SSSR count). The number of ether oxygens (including phenoxy) is 3. The topological polar surface area (TPSA) is 58.0 Å². The summed E-state index contributed by atoms with van der Waals surface area (Å²) in [5.41, 5.74) is 0.875. The van der Waals surface area contributed by atoms with Gasteiger partial charge < -0.3 is 19.1 Å². The summed E-state index contributed by atoms with van der Waals surface area (Å²) in [5.74, 6) is 1.71. The van der Waals surface area contributed by atoms with Gasteiger partial charge in [-0.3, -0.25) is 4.90 Å². The van der Waals surface area contributed by atoms with E-state index in [9.17, 15) is 5.26 Å². The van der Waals surface area contributed by atoms with E-state index in [4.69, 9.17) is 14.2 Å². The average molecular weight is 347 g/mol. The summed E-state index contributed by atoms with van der Waals surface area (Å²) in [5, 5.41) is 9.90. The molecule has 6 nitrogen and oxygen atoms in total. The number of hydrogen-bond donors (Lipinski definition) is 0. The molecule has 1 saturated heterocycles. The van der Waals surface area contributed by atoms with Gasteiger partial charge in [-0.2, -0.15) is 5.26 Å². The monoisotopic (exact) mass is 347 g/mol. The molecule has 1 aromatic carbocycles. The van der Waals surface area contributed by atoms with E-state index in [1.165, 1.54) is 0 Å². The minimum atomic E-state index is -0.335. The number of hydrogen-bond acceptors (Lipinski definition) is 6. The summed E-state index contributed by atoms with van der Waals surface area (Å²) in [7, 11) is 4.77. The summed E-state index contributed by atoms with van der Waals surface area (Å²) in [4.78, 5) is 4.74. The smallest absolute Gasteiger partial charge is 0.203 e. The molecular formula is C19H29N3O3. The molecule has 1 heterocycles. The van der Waals surface area contributed by atoms with Gasteiger partial charge in [0.1, 0.15) is 6.04 Å². The Balaban J connectivity index is 2.39. The van der Waals surface area contributed by atoms with Crippen molar-refractivity contribution < 1.29 is 14.2 Å². The Morgan fingerprint density at radius 3 is 2.20 bits per heavy atom. The van der Waals surface area contributed by atoms with Crippen LogP contribution in [0.25, 0.3) is 0 Å². The molecule has 1 fully saturated rings. The summed E-state index contributed by atoms with van der Waals surface area (Å²) in [6.07, 6.45) is 1.01. The van der Waals surface area contributed by atoms with Crippen LogP contribution in [0.4, 0.5) is 0 Å². The number of piperazine rings is 1. The molecule has 0 N–H and O–H groups in total. The fraction of sp³-hybridized carbons (Fsp3) is 0.632. The maximum atomic E-state index is 9.90. The van der Waals surface area contributed by atoms with Crippen LogP contribution in [0.15, 0.2) is 12.1 Å². The number of methoxy groups -OCH3 is 3. The molecule has 0 bridgehead atoms. The van der Waals surface area contributed by atoms with Gasteiger partial charge in [0.2, 0.25) is 5.75 Å². The lowest BCUT2D eigenvalue weighted by Crippen LogP contribution is -2.53. The van der Waals surface area contributed by atoms with Gasteiger partial charge in [-0.05, 0) is 30.7 Å². The first-order valence-corrected chi connectivity index (χ1v) is 8.80. The molecule has 0 aliphatic carbocycles. The zero-order valence-electron chi connectivity index (χ0n) is 15.9.